The highest BCUT2D eigenvalue weighted by atomic mass is 79.9. The lowest BCUT2D eigenvalue weighted by atomic mass is 10.1. The Balaban J connectivity index is 1.87. The molecule has 0 spiro atoms. The average Bonchev–Trinajstić information content (AvgIpc) is 3.39. The molecular formula is C18H23BrN4O. The van der Waals surface area contributed by atoms with E-state index < -0.39 is 0 Å². The molecule has 1 heterocycles. The van der Waals surface area contributed by atoms with Crippen molar-refractivity contribution in [1.29, 1.82) is 0 Å². The Bertz CT molecular complexity index is 703. The number of anilines is 3. The van der Waals surface area contributed by atoms with Crippen LogP contribution in [0.4, 0.5) is 17.5 Å². The largest absolute Gasteiger partial charge is 0.394 e. The Kier molecular flexibility index (Phi) is 5.36. The van der Waals surface area contributed by atoms with Crippen LogP contribution in [0.3, 0.4) is 0 Å². The van der Waals surface area contributed by atoms with Crippen LogP contribution in [0.5, 0.6) is 0 Å². The Morgan fingerprint density at radius 1 is 1.25 bits per heavy atom. The molecule has 1 aliphatic carbocycles. The zero-order chi connectivity index (χ0) is 17.1. The Morgan fingerprint density at radius 3 is 2.62 bits per heavy atom. The van der Waals surface area contributed by atoms with Gasteiger partial charge < -0.3 is 15.7 Å². The lowest BCUT2D eigenvalue weighted by molar-refractivity contribution is 0.248. The number of hydrogen-bond acceptors (Lipinski definition) is 5. The van der Waals surface area contributed by atoms with Gasteiger partial charge in [-0.3, -0.25) is 0 Å². The second-order valence-electron chi connectivity index (χ2n) is 6.56. The van der Waals surface area contributed by atoms with Crippen molar-refractivity contribution in [1.82, 2.24) is 9.97 Å². The van der Waals surface area contributed by atoms with Crippen LogP contribution in [-0.2, 0) is 0 Å². The molecule has 3 rings (SSSR count). The molecule has 0 aliphatic heterocycles. The van der Waals surface area contributed by atoms with Crippen LogP contribution in [0.15, 0.2) is 34.8 Å². The fourth-order valence-corrected chi connectivity index (χ4v) is 2.86. The van der Waals surface area contributed by atoms with E-state index in [1.54, 1.807) is 0 Å². The van der Waals surface area contributed by atoms with E-state index in [9.17, 15) is 5.11 Å². The van der Waals surface area contributed by atoms with Crippen LogP contribution in [0.25, 0.3) is 0 Å². The predicted octanol–water partition coefficient (Wildman–Crippen LogP) is 4.29. The van der Waals surface area contributed by atoms with Crippen molar-refractivity contribution in [2.45, 2.75) is 38.6 Å². The van der Waals surface area contributed by atoms with Gasteiger partial charge in [0.05, 0.1) is 24.0 Å². The molecule has 1 aliphatic rings. The second-order valence-corrected chi connectivity index (χ2v) is 7.41. The molecule has 0 unspecified atom stereocenters. The Morgan fingerprint density at radius 2 is 2.00 bits per heavy atom. The van der Waals surface area contributed by atoms with E-state index in [1.807, 2.05) is 30.3 Å². The van der Waals surface area contributed by atoms with Crippen LogP contribution in [0.1, 0.15) is 38.3 Å². The summed E-state index contributed by atoms with van der Waals surface area (Å²) in [6, 6.07) is 9.91. The van der Waals surface area contributed by atoms with Gasteiger partial charge in [-0.05, 0) is 46.8 Å². The normalized spacial score (nSPS) is 15.4. The van der Waals surface area contributed by atoms with Gasteiger partial charge in [0.1, 0.15) is 5.82 Å². The highest BCUT2D eigenvalue weighted by molar-refractivity contribution is 9.10. The summed E-state index contributed by atoms with van der Waals surface area (Å²) in [5.41, 5.74) is 2.02. The number of benzene rings is 1. The molecule has 1 saturated carbocycles. The Hall–Kier alpha value is -1.66. The van der Waals surface area contributed by atoms with Crippen molar-refractivity contribution in [2.24, 2.45) is 5.92 Å². The second kappa shape index (κ2) is 7.49. The molecule has 1 fully saturated rings. The minimum absolute atomic E-state index is 0.0572. The van der Waals surface area contributed by atoms with Gasteiger partial charge in [0.25, 0.3) is 0 Å². The average molecular weight is 391 g/mol. The van der Waals surface area contributed by atoms with Crippen LogP contribution in [0, 0.1) is 5.92 Å². The van der Waals surface area contributed by atoms with E-state index in [0.29, 0.717) is 17.8 Å². The molecule has 2 aromatic rings. The summed E-state index contributed by atoms with van der Waals surface area (Å²) in [4.78, 5) is 9.23. The highest BCUT2D eigenvalue weighted by Crippen LogP contribution is 2.40. The van der Waals surface area contributed by atoms with E-state index in [2.05, 4.69) is 50.4 Å². The molecule has 0 radical (unpaired) electrons. The zero-order valence-corrected chi connectivity index (χ0v) is 15.5. The summed E-state index contributed by atoms with van der Waals surface area (Å²) in [5, 5.41) is 16.2. The lowest BCUT2D eigenvalue weighted by Crippen LogP contribution is -2.30. The van der Waals surface area contributed by atoms with Gasteiger partial charge >= 0.3 is 0 Å². The van der Waals surface area contributed by atoms with Crippen LogP contribution in [-0.4, -0.2) is 27.7 Å². The van der Waals surface area contributed by atoms with Crippen LogP contribution in [0.2, 0.25) is 0 Å². The molecule has 24 heavy (non-hydrogen) atoms. The number of aliphatic hydroxyl groups is 1. The summed E-state index contributed by atoms with van der Waals surface area (Å²) < 4.78 is 0.988. The molecule has 0 bridgehead atoms. The van der Waals surface area contributed by atoms with Gasteiger partial charge in [0.15, 0.2) is 0 Å². The third-order valence-electron chi connectivity index (χ3n) is 4.19. The number of hydrogen-bond donors (Lipinski definition) is 3. The topological polar surface area (TPSA) is 70.1 Å². The molecule has 1 atom stereocenters. The smallest absolute Gasteiger partial charge is 0.225 e. The van der Waals surface area contributed by atoms with Crippen molar-refractivity contribution in [3.8, 4) is 0 Å². The third-order valence-corrected chi connectivity index (χ3v) is 4.89. The minimum atomic E-state index is -0.0595. The molecule has 1 aromatic carbocycles. The molecule has 128 valence electrons. The number of nitrogens with one attached hydrogen (secondary N) is 2. The van der Waals surface area contributed by atoms with Gasteiger partial charge in [0.2, 0.25) is 5.95 Å². The van der Waals surface area contributed by atoms with Crippen LogP contribution < -0.4 is 10.6 Å². The predicted molar refractivity (Wildman–Crippen MR) is 101 cm³/mol. The first-order chi connectivity index (χ1) is 11.6. The third kappa shape index (κ3) is 4.24. The van der Waals surface area contributed by atoms with Crippen LogP contribution >= 0.6 is 15.9 Å². The van der Waals surface area contributed by atoms with Gasteiger partial charge in [-0.1, -0.05) is 26.0 Å². The highest BCUT2D eigenvalue weighted by Gasteiger charge is 2.26. The first-order valence-corrected chi connectivity index (χ1v) is 9.14. The lowest BCUT2D eigenvalue weighted by Gasteiger charge is -2.20. The van der Waals surface area contributed by atoms with Gasteiger partial charge in [0, 0.05) is 16.5 Å². The maximum Gasteiger partial charge on any atom is 0.225 e. The first-order valence-electron chi connectivity index (χ1n) is 8.34. The van der Waals surface area contributed by atoms with E-state index >= 15 is 0 Å². The van der Waals surface area contributed by atoms with E-state index in [1.165, 1.54) is 12.8 Å². The number of aliphatic hydroxyl groups excluding tert-OH is 1. The van der Waals surface area contributed by atoms with Gasteiger partial charge in [-0.15, -0.1) is 0 Å². The van der Waals surface area contributed by atoms with Gasteiger partial charge in [-0.2, -0.15) is 4.98 Å². The summed E-state index contributed by atoms with van der Waals surface area (Å²) in [7, 11) is 0. The van der Waals surface area contributed by atoms with Crippen molar-refractivity contribution >= 4 is 33.4 Å². The Labute approximate surface area is 151 Å². The summed E-state index contributed by atoms with van der Waals surface area (Å²) >= 11 is 3.55. The van der Waals surface area contributed by atoms with Crippen molar-refractivity contribution in [3.05, 3.63) is 40.5 Å². The number of para-hydroxylation sites is 1. The molecule has 0 saturated heterocycles. The molecule has 0 amide bonds. The van der Waals surface area contributed by atoms with Crippen molar-refractivity contribution in [2.75, 3.05) is 17.2 Å². The fraction of sp³-hybridized carbons (Fsp3) is 0.444. The summed E-state index contributed by atoms with van der Waals surface area (Å²) in [6.07, 6.45) is 2.36. The van der Waals surface area contributed by atoms with Gasteiger partial charge in [-0.25, -0.2) is 4.98 Å². The summed E-state index contributed by atoms with van der Waals surface area (Å²) in [5.74, 6) is 2.16. The summed E-state index contributed by atoms with van der Waals surface area (Å²) in [6.45, 7) is 4.19. The maximum absolute atomic E-state index is 9.55. The maximum atomic E-state index is 9.55. The fourth-order valence-electron chi connectivity index (χ4n) is 2.47. The first kappa shape index (κ1) is 17.2. The SMILES string of the molecule is CC(C)[C@H](CO)Nc1nc(Nc2ccccc2Br)cc(C2CC2)n1. The van der Waals surface area contributed by atoms with E-state index in [-0.39, 0.29) is 12.6 Å². The monoisotopic (exact) mass is 390 g/mol. The molecular weight excluding hydrogens is 368 g/mol. The molecule has 3 N–H and O–H groups in total. The van der Waals surface area contributed by atoms with Crippen molar-refractivity contribution < 1.29 is 5.11 Å². The quantitative estimate of drug-likeness (QED) is 0.657. The molecule has 1 aromatic heterocycles. The van der Waals surface area contributed by atoms with E-state index in [0.717, 1.165) is 21.7 Å². The number of halogens is 1. The van der Waals surface area contributed by atoms with Crippen molar-refractivity contribution in [3.63, 3.8) is 0 Å². The number of nitrogens with zero attached hydrogens (tertiary/aromatic N) is 2. The molecule has 5 nitrogen and oxygen atoms in total. The zero-order valence-electron chi connectivity index (χ0n) is 14.0. The number of rotatable bonds is 7. The number of aromatic nitrogens is 2. The molecule has 6 heteroatoms. The minimum Gasteiger partial charge on any atom is -0.394 e. The standard InChI is InChI=1S/C18H23BrN4O/c1-11(2)16(10-24)22-18-21-15(12-7-8-12)9-17(23-18)20-14-6-4-3-5-13(14)19/h3-6,9,11-12,16,24H,7-8,10H2,1-2H3,(H2,20,21,22,23)/t16-/m0/s1. The van der Waals surface area contributed by atoms with E-state index in [4.69, 9.17) is 0 Å².